The van der Waals surface area contributed by atoms with Gasteiger partial charge in [0.15, 0.2) is 0 Å². The molecule has 1 aromatic carbocycles. The molecule has 2 heterocycles. The number of carbonyl (C=O) groups excluding carboxylic acids is 2. The minimum absolute atomic E-state index is 0.113. The molecule has 0 aliphatic carbocycles. The van der Waals surface area contributed by atoms with Crippen molar-refractivity contribution in [3.05, 3.63) is 28.3 Å². The number of likely N-dealkylation sites (tertiary alicyclic amines) is 1. The maximum atomic E-state index is 13.3. The van der Waals surface area contributed by atoms with Crippen LogP contribution < -0.4 is 0 Å². The summed E-state index contributed by atoms with van der Waals surface area (Å²) in [5, 5.41) is 0. The fraction of sp³-hybridized carbons (Fsp3) is 0.636. The summed E-state index contributed by atoms with van der Waals surface area (Å²) >= 11 is 0. The number of ether oxygens (including phenoxy) is 1. The molecular formula is C22H32N2O5S. The number of rotatable bonds is 6. The molecule has 30 heavy (non-hydrogen) atoms. The highest BCUT2D eigenvalue weighted by Gasteiger charge is 2.35. The number of hydrogen-bond acceptors (Lipinski definition) is 5. The lowest BCUT2D eigenvalue weighted by atomic mass is 9.98. The highest BCUT2D eigenvalue weighted by molar-refractivity contribution is 7.89. The molecule has 0 aromatic heterocycles. The fourth-order valence-electron chi connectivity index (χ4n) is 4.34. The molecule has 7 nitrogen and oxygen atoms in total. The normalized spacial score (nSPS) is 18.8. The van der Waals surface area contributed by atoms with Crippen molar-refractivity contribution in [2.24, 2.45) is 5.92 Å². The average molecular weight is 437 g/mol. The Bertz CT molecular complexity index is 907. The highest BCUT2D eigenvalue weighted by atomic mass is 32.2. The van der Waals surface area contributed by atoms with E-state index in [9.17, 15) is 18.0 Å². The molecule has 1 aromatic rings. The molecule has 2 fully saturated rings. The third-order valence-corrected chi connectivity index (χ3v) is 8.63. The molecule has 0 bridgehead atoms. The first-order valence-corrected chi connectivity index (χ1v) is 12.1. The lowest BCUT2D eigenvalue weighted by molar-refractivity contribution is -0.151. The zero-order chi connectivity index (χ0) is 22.1. The van der Waals surface area contributed by atoms with Gasteiger partial charge >= 0.3 is 5.97 Å². The smallest absolute Gasteiger partial charge is 0.309 e. The van der Waals surface area contributed by atoms with Crippen LogP contribution in [0, 0.1) is 33.6 Å². The van der Waals surface area contributed by atoms with Crippen LogP contribution >= 0.6 is 0 Å². The second-order valence-corrected chi connectivity index (χ2v) is 10.3. The summed E-state index contributed by atoms with van der Waals surface area (Å²) in [5.41, 5.74) is 3.51. The van der Waals surface area contributed by atoms with Gasteiger partial charge in [0.25, 0.3) is 0 Å². The summed E-state index contributed by atoms with van der Waals surface area (Å²) in [4.78, 5) is 26.1. The molecule has 166 valence electrons. The van der Waals surface area contributed by atoms with Gasteiger partial charge in [-0.3, -0.25) is 9.59 Å². The van der Waals surface area contributed by atoms with Crippen molar-refractivity contribution in [2.45, 2.75) is 58.3 Å². The van der Waals surface area contributed by atoms with Gasteiger partial charge in [0.1, 0.15) is 6.61 Å². The van der Waals surface area contributed by atoms with Crippen LogP contribution in [0.3, 0.4) is 0 Å². The quantitative estimate of drug-likeness (QED) is 0.640. The number of benzene rings is 1. The van der Waals surface area contributed by atoms with E-state index < -0.39 is 10.0 Å². The molecule has 2 aliphatic heterocycles. The van der Waals surface area contributed by atoms with Crippen molar-refractivity contribution in [1.82, 2.24) is 9.21 Å². The van der Waals surface area contributed by atoms with E-state index in [1.165, 1.54) is 4.31 Å². The zero-order valence-electron chi connectivity index (χ0n) is 18.4. The van der Waals surface area contributed by atoms with Crippen LogP contribution in [0.4, 0.5) is 0 Å². The lowest BCUT2D eigenvalue weighted by Gasteiger charge is -2.31. The van der Waals surface area contributed by atoms with Crippen molar-refractivity contribution >= 4 is 21.9 Å². The first kappa shape index (κ1) is 22.7. The van der Waals surface area contributed by atoms with Gasteiger partial charge in [0, 0.05) is 26.1 Å². The SMILES string of the molecule is Cc1cc(C)c(C)c(S(=O)(=O)N2CCC(C(=O)OCCN3CCCC3=O)CC2)c1C. The number of piperidine rings is 1. The Labute approximate surface area is 179 Å². The molecule has 2 saturated heterocycles. The van der Waals surface area contributed by atoms with Crippen LogP contribution in [0.1, 0.15) is 47.9 Å². The predicted molar refractivity (Wildman–Crippen MR) is 114 cm³/mol. The number of carbonyl (C=O) groups is 2. The van der Waals surface area contributed by atoms with E-state index in [-0.39, 0.29) is 24.4 Å². The van der Waals surface area contributed by atoms with Crippen molar-refractivity contribution in [3.8, 4) is 0 Å². The van der Waals surface area contributed by atoms with E-state index in [0.29, 0.717) is 43.8 Å². The Morgan fingerprint density at radius 2 is 1.67 bits per heavy atom. The van der Waals surface area contributed by atoms with Gasteiger partial charge in [-0.05, 0) is 69.2 Å². The second kappa shape index (κ2) is 9.06. The molecule has 0 spiro atoms. The summed E-state index contributed by atoms with van der Waals surface area (Å²) in [6, 6.07) is 2.02. The molecule has 0 atom stereocenters. The summed E-state index contributed by atoms with van der Waals surface area (Å²) in [7, 11) is -3.61. The predicted octanol–water partition coefficient (Wildman–Crippen LogP) is 2.49. The zero-order valence-corrected chi connectivity index (χ0v) is 19.2. The summed E-state index contributed by atoms with van der Waals surface area (Å²) in [6.07, 6.45) is 2.33. The van der Waals surface area contributed by atoms with Gasteiger partial charge in [0.2, 0.25) is 15.9 Å². The summed E-state index contributed by atoms with van der Waals surface area (Å²) in [5.74, 6) is -0.480. The number of amides is 1. The van der Waals surface area contributed by atoms with Crippen LogP contribution in [-0.4, -0.2) is 62.3 Å². The minimum atomic E-state index is -3.61. The second-order valence-electron chi connectivity index (χ2n) is 8.42. The number of aryl methyl sites for hydroxylation is 2. The Morgan fingerprint density at radius 1 is 1.07 bits per heavy atom. The molecule has 1 amide bonds. The number of nitrogens with zero attached hydrogens (tertiary/aromatic N) is 2. The van der Waals surface area contributed by atoms with Crippen molar-refractivity contribution < 1.29 is 22.7 Å². The van der Waals surface area contributed by atoms with Gasteiger partial charge in [-0.25, -0.2) is 8.42 Å². The first-order valence-electron chi connectivity index (χ1n) is 10.6. The van der Waals surface area contributed by atoms with E-state index in [1.807, 2.05) is 33.8 Å². The maximum absolute atomic E-state index is 13.3. The van der Waals surface area contributed by atoms with Crippen molar-refractivity contribution in [1.29, 1.82) is 0 Å². The molecular weight excluding hydrogens is 404 g/mol. The van der Waals surface area contributed by atoms with Crippen LogP contribution in [0.15, 0.2) is 11.0 Å². The molecule has 8 heteroatoms. The van der Waals surface area contributed by atoms with Gasteiger partial charge in [-0.2, -0.15) is 4.31 Å². The molecule has 0 N–H and O–H groups in total. The first-order chi connectivity index (χ1) is 14.1. The standard InChI is InChI=1S/C22H32N2O5S/c1-15-14-16(2)18(4)21(17(15)3)30(27,28)24-10-7-19(8-11-24)22(26)29-13-12-23-9-5-6-20(23)25/h14,19H,5-13H2,1-4H3. The topological polar surface area (TPSA) is 84.0 Å². The van der Waals surface area contributed by atoms with Crippen LogP contribution in [0.25, 0.3) is 0 Å². The summed E-state index contributed by atoms with van der Waals surface area (Å²) in [6.45, 7) is 9.53. The van der Waals surface area contributed by atoms with Crippen LogP contribution in [0.2, 0.25) is 0 Å². The van der Waals surface area contributed by atoms with Gasteiger partial charge in [-0.1, -0.05) is 6.07 Å². The Morgan fingerprint density at radius 3 is 2.20 bits per heavy atom. The van der Waals surface area contributed by atoms with Crippen molar-refractivity contribution in [2.75, 3.05) is 32.8 Å². The van der Waals surface area contributed by atoms with Gasteiger partial charge < -0.3 is 9.64 Å². The van der Waals surface area contributed by atoms with E-state index in [2.05, 4.69) is 0 Å². The minimum Gasteiger partial charge on any atom is -0.464 e. The Balaban J connectivity index is 1.58. The Kier molecular flexibility index (Phi) is 6.87. The van der Waals surface area contributed by atoms with Crippen molar-refractivity contribution in [3.63, 3.8) is 0 Å². The third kappa shape index (κ3) is 4.54. The maximum Gasteiger partial charge on any atom is 0.309 e. The third-order valence-electron chi connectivity index (χ3n) is 6.46. The van der Waals surface area contributed by atoms with Gasteiger partial charge in [0.05, 0.1) is 17.4 Å². The molecule has 2 aliphatic rings. The molecule has 3 rings (SSSR count). The van der Waals surface area contributed by atoms with E-state index in [0.717, 1.165) is 35.2 Å². The monoisotopic (exact) mass is 436 g/mol. The number of esters is 1. The lowest BCUT2D eigenvalue weighted by Crippen LogP contribution is -2.41. The summed E-state index contributed by atoms with van der Waals surface area (Å²) < 4.78 is 33.5. The van der Waals surface area contributed by atoms with Crippen LogP contribution in [0.5, 0.6) is 0 Å². The number of sulfonamides is 1. The van der Waals surface area contributed by atoms with Crippen LogP contribution in [-0.2, 0) is 24.3 Å². The highest BCUT2D eigenvalue weighted by Crippen LogP contribution is 2.31. The van der Waals surface area contributed by atoms with E-state index in [4.69, 9.17) is 4.74 Å². The van der Waals surface area contributed by atoms with E-state index >= 15 is 0 Å². The van der Waals surface area contributed by atoms with Gasteiger partial charge in [-0.15, -0.1) is 0 Å². The molecule has 0 unspecified atom stereocenters. The Hall–Kier alpha value is -1.93. The van der Waals surface area contributed by atoms with E-state index in [1.54, 1.807) is 4.90 Å². The molecule has 0 saturated carbocycles. The number of hydrogen-bond donors (Lipinski definition) is 0. The average Bonchev–Trinajstić information content (AvgIpc) is 3.11. The fourth-order valence-corrected chi connectivity index (χ4v) is 6.39. The molecule has 0 radical (unpaired) electrons. The largest absolute Gasteiger partial charge is 0.464 e.